The first-order valence-electron chi connectivity index (χ1n) is 8.45. The number of aliphatic imine (C=N–C) groups is 1. The third-order valence-electron chi connectivity index (χ3n) is 3.86. The summed E-state index contributed by atoms with van der Waals surface area (Å²) in [6.45, 7) is 3.94. The third-order valence-corrected chi connectivity index (χ3v) is 5.27. The zero-order valence-electron chi connectivity index (χ0n) is 14.8. The highest BCUT2D eigenvalue weighted by Gasteiger charge is 2.38. The zero-order valence-corrected chi connectivity index (χ0v) is 16.3. The van der Waals surface area contributed by atoms with E-state index in [-0.39, 0.29) is 30.6 Å². The van der Waals surface area contributed by atoms with Crippen molar-refractivity contribution in [1.82, 2.24) is 4.90 Å². The molecule has 3 rings (SSSR count). The van der Waals surface area contributed by atoms with E-state index in [0.717, 1.165) is 0 Å². The van der Waals surface area contributed by atoms with Crippen LogP contribution in [0.4, 0.5) is 15.8 Å². The van der Waals surface area contributed by atoms with E-state index in [1.807, 2.05) is 0 Å². The maximum atomic E-state index is 13.1. The molecule has 0 radical (unpaired) electrons. The van der Waals surface area contributed by atoms with Gasteiger partial charge in [-0.2, -0.15) is 0 Å². The minimum atomic E-state index is -0.599. The minimum absolute atomic E-state index is 0.00784. The Labute approximate surface area is 171 Å². The number of carbonyl (C=O) groups is 2. The topological polar surface area (TPSA) is 61.8 Å². The Bertz CT molecular complexity index is 933. The molecule has 144 valence electrons. The predicted octanol–water partition coefficient (Wildman–Crippen LogP) is 4.63. The van der Waals surface area contributed by atoms with Gasteiger partial charge in [-0.25, -0.2) is 9.38 Å². The molecule has 1 saturated heterocycles. The molecule has 2 aromatic rings. The van der Waals surface area contributed by atoms with E-state index in [1.165, 1.54) is 40.9 Å². The van der Waals surface area contributed by atoms with Crippen LogP contribution in [-0.4, -0.2) is 33.7 Å². The molecular weight excluding hydrogens is 401 g/mol. The van der Waals surface area contributed by atoms with Crippen molar-refractivity contribution in [3.63, 3.8) is 0 Å². The van der Waals surface area contributed by atoms with Gasteiger partial charge < -0.3 is 5.32 Å². The maximum absolute atomic E-state index is 13.1. The summed E-state index contributed by atoms with van der Waals surface area (Å²) in [6.07, 6.45) is 1.58. The number of hydrogen-bond acceptors (Lipinski definition) is 4. The molecule has 0 spiro atoms. The van der Waals surface area contributed by atoms with Crippen molar-refractivity contribution in [3.05, 3.63) is 72.0 Å². The van der Waals surface area contributed by atoms with Crippen molar-refractivity contribution in [1.29, 1.82) is 0 Å². The van der Waals surface area contributed by atoms with Crippen LogP contribution in [0, 0.1) is 5.82 Å². The molecule has 8 heteroatoms. The average molecular weight is 418 g/mol. The number of hydrogen-bond donors (Lipinski definition) is 1. The van der Waals surface area contributed by atoms with Crippen molar-refractivity contribution >= 4 is 51.7 Å². The summed E-state index contributed by atoms with van der Waals surface area (Å²) in [5.41, 5.74) is 1.09. The lowest BCUT2D eigenvalue weighted by Gasteiger charge is -2.13. The van der Waals surface area contributed by atoms with E-state index in [1.54, 1.807) is 30.3 Å². The SMILES string of the molecule is C=CCN1C(=O)C(CC(=O)Nc2cccc(Cl)c2)SC1=Nc1ccc(F)cc1. The van der Waals surface area contributed by atoms with Gasteiger partial charge in [0.1, 0.15) is 11.1 Å². The van der Waals surface area contributed by atoms with Gasteiger partial charge in [0.05, 0.1) is 5.69 Å². The van der Waals surface area contributed by atoms with Crippen molar-refractivity contribution in [2.75, 3.05) is 11.9 Å². The van der Waals surface area contributed by atoms with Crippen LogP contribution in [0.15, 0.2) is 66.2 Å². The fourth-order valence-electron chi connectivity index (χ4n) is 2.59. The third kappa shape index (κ3) is 4.99. The minimum Gasteiger partial charge on any atom is -0.326 e. The average Bonchev–Trinajstić information content (AvgIpc) is 2.93. The van der Waals surface area contributed by atoms with Gasteiger partial charge in [-0.15, -0.1) is 6.58 Å². The van der Waals surface area contributed by atoms with Gasteiger partial charge in [0.2, 0.25) is 11.8 Å². The van der Waals surface area contributed by atoms with Gasteiger partial charge in [0, 0.05) is 23.7 Å². The van der Waals surface area contributed by atoms with Gasteiger partial charge in [0.25, 0.3) is 0 Å². The van der Waals surface area contributed by atoms with Crippen LogP contribution in [-0.2, 0) is 9.59 Å². The molecule has 5 nitrogen and oxygen atoms in total. The first-order chi connectivity index (χ1) is 13.5. The second kappa shape index (κ2) is 9.03. The number of nitrogens with one attached hydrogen (secondary N) is 1. The van der Waals surface area contributed by atoms with Gasteiger partial charge >= 0.3 is 0 Å². The predicted molar refractivity (Wildman–Crippen MR) is 111 cm³/mol. The molecule has 2 aromatic carbocycles. The molecule has 28 heavy (non-hydrogen) atoms. The highest BCUT2D eigenvalue weighted by atomic mass is 35.5. The Balaban J connectivity index is 1.73. The molecule has 1 aliphatic rings. The monoisotopic (exact) mass is 417 g/mol. The lowest BCUT2D eigenvalue weighted by Crippen LogP contribution is -2.33. The Morgan fingerprint density at radius 3 is 2.75 bits per heavy atom. The van der Waals surface area contributed by atoms with Crippen molar-refractivity contribution in [2.24, 2.45) is 4.99 Å². The second-order valence-electron chi connectivity index (χ2n) is 5.98. The molecule has 1 atom stereocenters. The number of thioether (sulfide) groups is 1. The Hall–Kier alpha value is -2.64. The van der Waals surface area contributed by atoms with Crippen LogP contribution < -0.4 is 5.32 Å². The summed E-state index contributed by atoms with van der Waals surface area (Å²) in [5, 5.41) is 3.10. The van der Waals surface area contributed by atoms with E-state index in [4.69, 9.17) is 11.6 Å². The van der Waals surface area contributed by atoms with Gasteiger partial charge in [0.15, 0.2) is 5.17 Å². The summed E-state index contributed by atoms with van der Waals surface area (Å²) in [5.74, 6) is -0.876. The maximum Gasteiger partial charge on any atom is 0.242 e. The molecule has 1 aliphatic heterocycles. The first-order valence-corrected chi connectivity index (χ1v) is 9.70. The lowest BCUT2D eigenvalue weighted by molar-refractivity contribution is -0.127. The number of benzene rings is 2. The molecule has 1 heterocycles. The van der Waals surface area contributed by atoms with Gasteiger partial charge in [-0.05, 0) is 42.5 Å². The highest BCUT2D eigenvalue weighted by Crippen LogP contribution is 2.32. The Morgan fingerprint density at radius 1 is 1.32 bits per heavy atom. The number of amides is 2. The van der Waals surface area contributed by atoms with Crippen molar-refractivity contribution in [2.45, 2.75) is 11.7 Å². The summed E-state index contributed by atoms with van der Waals surface area (Å²) in [6, 6.07) is 12.4. The summed E-state index contributed by atoms with van der Waals surface area (Å²) < 4.78 is 13.1. The molecule has 1 fully saturated rings. The fraction of sp³-hybridized carbons (Fsp3) is 0.150. The van der Waals surface area contributed by atoms with E-state index in [0.29, 0.717) is 21.6 Å². The highest BCUT2D eigenvalue weighted by molar-refractivity contribution is 8.15. The summed E-state index contributed by atoms with van der Waals surface area (Å²) in [4.78, 5) is 31.0. The van der Waals surface area contributed by atoms with Crippen LogP contribution in [0.5, 0.6) is 0 Å². The molecule has 0 saturated carbocycles. The summed E-state index contributed by atoms with van der Waals surface area (Å²) in [7, 11) is 0. The van der Waals surface area contributed by atoms with Crippen LogP contribution in [0.25, 0.3) is 0 Å². The number of halogens is 2. The number of nitrogens with zero attached hydrogens (tertiary/aromatic N) is 2. The van der Waals surface area contributed by atoms with Gasteiger partial charge in [-0.3, -0.25) is 14.5 Å². The fourth-order valence-corrected chi connectivity index (χ4v) is 3.95. The first kappa shape index (κ1) is 20.1. The molecular formula is C20H17ClFN3O2S. The number of carbonyl (C=O) groups excluding carboxylic acids is 2. The molecule has 1 N–H and O–H groups in total. The van der Waals surface area contributed by atoms with Crippen LogP contribution >= 0.6 is 23.4 Å². The van der Waals surface area contributed by atoms with Gasteiger partial charge in [-0.1, -0.05) is 35.5 Å². The van der Waals surface area contributed by atoms with Crippen molar-refractivity contribution < 1.29 is 14.0 Å². The van der Waals surface area contributed by atoms with Crippen molar-refractivity contribution in [3.8, 4) is 0 Å². The zero-order chi connectivity index (χ0) is 20.1. The van der Waals surface area contributed by atoms with Crippen LogP contribution in [0.1, 0.15) is 6.42 Å². The molecule has 0 bridgehead atoms. The quantitative estimate of drug-likeness (QED) is 0.697. The Kier molecular flexibility index (Phi) is 6.49. The number of amidine groups is 1. The standard InChI is InChI=1S/C20H17ClFN3O2S/c1-2-10-25-19(27)17(12-18(26)23-16-5-3-4-13(21)11-16)28-20(25)24-15-8-6-14(22)7-9-15/h2-9,11,17H,1,10,12H2,(H,23,26). The largest absolute Gasteiger partial charge is 0.326 e. The number of rotatable bonds is 6. The molecule has 0 aromatic heterocycles. The molecule has 1 unspecified atom stereocenters. The second-order valence-corrected chi connectivity index (χ2v) is 7.58. The normalized spacial score (nSPS) is 17.8. The van der Waals surface area contributed by atoms with E-state index >= 15 is 0 Å². The Morgan fingerprint density at radius 2 is 2.07 bits per heavy atom. The number of anilines is 1. The van der Waals surface area contributed by atoms with Crippen LogP contribution in [0.3, 0.4) is 0 Å². The van der Waals surface area contributed by atoms with Crippen LogP contribution in [0.2, 0.25) is 5.02 Å². The smallest absolute Gasteiger partial charge is 0.242 e. The lowest BCUT2D eigenvalue weighted by atomic mass is 10.2. The van der Waals surface area contributed by atoms with E-state index < -0.39 is 5.25 Å². The molecule has 0 aliphatic carbocycles. The molecule has 2 amide bonds. The van der Waals surface area contributed by atoms with E-state index in [2.05, 4.69) is 16.9 Å². The summed E-state index contributed by atoms with van der Waals surface area (Å²) >= 11 is 7.12. The van der Waals surface area contributed by atoms with E-state index in [9.17, 15) is 14.0 Å².